The Morgan fingerprint density at radius 1 is 1.50 bits per heavy atom. The topological polar surface area (TPSA) is 85.8 Å². The van der Waals surface area contributed by atoms with E-state index in [4.69, 9.17) is 5.73 Å². The van der Waals surface area contributed by atoms with E-state index >= 15 is 0 Å². The molecule has 0 aliphatic rings. The largest absolute Gasteiger partial charge is 0.349 e. The minimum absolute atomic E-state index is 0.0580. The Hall–Kier alpha value is -1.43. The predicted octanol–water partition coefficient (Wildman–Crippen LogP) is 1.94. The van der Waals surface area contributed by atoms with Gasteiger partial charge in [0.1, 0.15) is 6.04 Å². The molecule has 2 atom stereocenters. The number of hydrogen-bond acceptors (Lipinski definition) is 4. The van der Waals surface area contributed by atoms with E-state index in [1.807, 2.05) is 27.7 Å². The summed E-state index contributed by atoms with van der Waals surface area (Å²) in [5.41, 5.74) is 6.52. The molecule has 1 rings (SSSR count). The van der Waals surface area contributed by atoms with Gasteiger partial charge in [-0.3, -0.25) is 4.79 Å². The number of nitrogens with two attached hydrogens (primary N) is 1. The fourth-order valence-corrected chi connectivity index (χ4v) is 1.75. The first-order valence-electron chi connectivity index (χ1n) is 7.30. The molecule has 6 heteroatoms. The normalized spacial score (nSPS) is 14.9. The van der Waals surface area contributed by atoms with Crippen molar-refractivity contribution in [3.8, 4) is 0 Å². The van der Waals surface area contributed by atoms with Crippen molar-refractivity contribution in [2.24, 2.45) is 5.73 Å². The van der Waals surface area contributed by atoms with Gasteiger partial charge in [0.15, 0.2) is 0 Å². The van der Waals surface area contributed by atoms with Gasteiger partial charge in [0.05, 0.1) is 17.9 Å². The predicted molar refractivity (Wildman–Crippen MR) is 79.1 cm³/mol. The second-order valence-electron chi connectivity index (χ2n) is 5.92. The molecule has 20 heavy (non-hydrogen) atoms. The molecule has 2 unspecified atom stereocenters. The number of amides is 1. The van der Waals surface area contributed by atoms with Crippen LogP contribution in [0.2, 0.25) is 0 Å². The minimum atomic E-state index is -0.393. The van der Waals surface area contributed by atoms with Crippen LogP contribution in [0.3, 0.4) is 0 Å². The molecular weight excluding hydrogens is 254 g/mol. The lowest BCUT2D eigenvalue weighted by Crippen LogP contribution is -2.45. The molecule has 0 aromatic carbocycles. The van der Waals surface area contributed by atoms with Gasteiger partial charge in [-0.25, -0.2) is 4.68 Å². The van der Waals surface area contributed by atoms with Gasteiger partial charge >= 0.3 is 0 Å². The SMILES string of the molecule is CCCC(N)c1cn(C(C)C(=O)NC(C)(C)CC)nn1. The van der Waals surface area contributed by atoms with Gasteiger partial charge in [0, 0.05) is 5.54 Å². The zero-order valence-electron chi connectivity index (χ0n) is 13.2. The lowest BCUT2D eigenvalue weighted by atomic mass is 10.0. The van der Waals surface area contributed by atoms with Gasteiger partial charge in [0.25, 0.3) is 0 Å². The van der Waals surface area contributed by atoms with Crippen molar-refractivity contribution in [2.45, 2.75) is 71.5 Å². The Bertz CT molecular complexity index is 441. The van der Waals surface area contributed by atoms with Crippen molar-refractivity contribution < 1.29 is 4.79 Å². The molecule has 0 saturated heterocycles. The number of nitrogens with zero attached hydrogens (tertiary/aromatic N) is 3. The molecule has 1 heterocycles. The Morgan fingerprint density at radius 3 is 2.70 bits per heavy atom. The van der Waals surface area contributed by atoms with Gasteiger partial charge in [0.2, 0.25) is 5.91 Å². The molecule has 0 aliphatic carbocycles. The molecule has 1 aromatic rings. The second kappa shape index (κ2) is 6.83. The average Bonchev–Trinajstić information content (AvgIpc) is 2.87. The van der Waals surface area contributed by atoms with E-state index in [-0.39, 0.29) is 17.5 Å². The van der Waals surface area contributed by atoms with Crippen molar-refractivity contribution in [1.29, 1.82) is 0 Å². The van der Waals surface area contributed by atoms with Crippen LogP contribution in [0.4, 0.5) is 0 Å². The highest BCUT2D eigenvalue weighted by Crippen LogP contribution is 2.15. The fraction of sp³-hybridized carbons (Fsp3) is 0.786. The fourth-order valence-electron chi connectivity index (χ4n) is 1.75. The van der Waals surface area contributed by atoms with E-state index in [9.17, 15) is 4.79 Å². The van der Waals surface area contributed by atoms with Crippen LogP contribution in [0.25, 0.3) is 0 Å². The van der Waals surface area contributed by atoms with E-state index in [1.165, 1.54) is 0 Å². The van der Waals surface area contributed by atoms with E-state index in [0.717, 1.165) is 25.0 Å². The average molecular weight is 281 g/mol. The Morgan fingerprint density at radius 2 is 2.15 bits per heavy atom. The van der Waals surface area contributed by atoms with Crippen LogP contribution >= 0.6 is 0 Å². The summed E-state index contributed by atoms with van der Waals surface area (Å²) in [6, 6.07) is -0.507. The van der Waals surface area contributed by atoms with Crippen LogP contribution in [0.5, 0.6) is 0 Å². The molecule has 0 aliphatic heterocycles. The third kappa shape index (κ3) is 4.30. The number of rotatable bonds is 7. The van der Waals surface area contributed by atoms with Crippen LogP contribution in [0, 0.1) is 0 Å². The molecule has 0 radical (unpaired) electrons. The highest BCUT2D eigenvalue weighted by molar-refractivity contribution is 5.80. The molecule has 0 fully saturated rings. The van der Waals surface area contributed by atoms with E-state index < -0.39 is 6.04 Å². The van der Waals surface area contributed by atoms with Gasteiger partial charge in [-0.1, -0.05) is 25.5 Å². The molecule has 114 valence electrons. The molecule has 1 amide bonds. The van der Waals surface area contributed by atoms with Gasteiger partial charge < -0.3 is 11.1 Å². The summed E-state index contributed by atoms with van der Waals surface area (Å²) in [4.78, 5) is 12.2. The van der Waals surface area contributed by atoms with E-state index in [1.54, 1.807) is 10.9 Å². The third-order valence-electron chi connectivity index (χ3n) is 3.63. The van der Waals surface area contributed by atoms with Crippen molar-refractivity contribution in [2.75, 3.05) is 0 Å². The highest BCUT2D eigenvalue weighted by atomic mass is 16.2. The lowest BCUT2D eigenvalue weighted by molar-refractivity contribution is -0.125. The maximum Gasteiger partial charge on any atom is 0.245 e. The Balaban J connectivity index is 2.73. The summed E-state index contributed by atoms with van der Waals surface area (Å²) in [6.45, 7) is 9.93. The molecule has 0 spiro atoms. The zero-order valence-corrected chi connectivity index (χ0v) is 13.2. The first-order chi connectivity index (χ1) is 9.30. The summed E-state index contributed by atoms with van der Waals surface area (Å²) in [5, 5.41) is 11.1. The van der Waals surface area contributed by atoms with Crippen LogP contribution in [0.1, 0.15) is 71.7 Å². The van der Waals surface area contributed by atoms with Crippen LogP contribution in [-0.2, 0) is 4.79 Å². The second-order valence-corrected chi connectivity index (χ2v) is 5.92. The van der Waals surface area contributed by atoms with Crippen LogP contribution in [-0.4, -0.2) is 26.4 Å². The maximum absolute atomic E-state index is 12.2. The summed E-state index contributed by atoms with van der Waals surface area (Å²) < 4.78 is 1.58. The molecule has 0 saturated carbocycles. The summed E-state index contributed by atoms with van der Waals surface area (Å²) >= 11 is 0. The zero-order chi connectivity index (χ0) is 15.3. The smallest absolute Gasteiger partial charge is 0.245 e. The summed E-state index contributed by atoms with van der Waals surface area (Å²) in [7, 11) is 0. The minimum Gasteiger partial charge on any atom is -0.349 e. The number of aromatic nitrogens is 3. The number of nitrogens with one attached hydrogen (secondary N) is 1. The first kappa shape index (κ1) is 16.6. The third-order valence-corrected chi connectivity index (χ3v) is 3.63. The van der Waals surface area contributed by atoms with Gasteiger partial charge in [-0.15, -0.1) is 5.10 Å². The molecule has 3 N–H and O–H groups in total. The summed E-state index contributed by atoms with van der Waals surface area (Å²) in [6.07, 6.45) is 4.50. The molecule has 0 bridgehead atoms. The maximum atomic E-state index is 12.2. The standard InChI is InChI=1S/C14H27N5O/c1-6-8-11(15)12-9-19(18-17-12)10(3)13(20)16-14(4,5)7-2/h9-11H,6-8,15H2,1-5H3,(H,16,20). The lowest BCUT2D eigenvalue weighted by Gasteiger charge is -2.26. The molecule has 1 aromatic heterocycles. The van der Waals surface area contributed by atoms with Crippen LogP contribution in [0.15, 0.2) is 6.20 Å². The molecular formula is C14H27N5O. The van der Waals surface area contributed by atoms with Crippen LogP contribution < -0.4 is 11.1 Å². The van der Waals surface area contributed by atoms with Gasteiger partial charge in [-0.05, 0) is 33.6 Å². The monoisotopic (exact) mass is 281 g/mol. The van der Waals surface area contributed by atoms with Crippen molar-refractivity contribution >= 4 is 5.91 Å². The van der Waals surface area contributed by atoms with Crippen molar-refractivity contribution in [3.63, 3.8) is 0 Å². The number of carbonyl (C=O) groups excluding carboxylic acids is 1. The summed E-state index contributed by atoms with van der Waals surface area (Å²) in [5.74, 6) is -0.0580. The van der Waals surface area contributed by atoms with E-state index in [2.05, 4.69) is 22.6 Å². The van der Waals surface area contributed by atoms with Crippen molar-refractivity contribution in [3.05, 3.63) is 11.9 Å². The Labute approximate surface area is 121 Å². The highest BCUT2D eigenvalue weighted by Gasteiger charge is 2.24. The quantitative estimate of drug-likeness (QED) is 0.799. The number of carbonyl (C=O) groups is 1. The first-order valence-corrected chi connectivity index (χ1v) is 7.30. The number of hydrogen-bond donors (Lipinski definition) is 2. The van der Waals surface area contributed by atoms with E-state index in [0.29, 0.717) is 0 Å². The van der Waals surface area contributed by atoms with Crippen molar-refractivity contribution in [1.82, 2.24) is 20.3 Å². The Kier molecular flexibility index (Phi) is 5.68. The van der Waals surface area contributed by atoms with Gasteiger partial charge in [-0.2, -0.15) is 0 Å². The molecule has 6 nitrogen and oxygen atoms in total.